The summed E-state index contributed by atoms with van der Waals surface area (Å²) in [6.07, 6.45) is 0.853. The van der Waals surface area contributed by atoms with E-state index in [9.17, 15) is 4.79 Å². The number of hydrogen-bond acceptors (Lipinski definition) is 6. The highest BCUT2D eigenvalue weighted by atomic mass is 35.5. The zero-order valence-corrected chi connectivity index (χ0v) is 15.1. The van der Waals surface area contributed by atoms with E-state index in [1.165, 1.54) is 6.20 Å². The molecule has 0 aliphatic rings. The van der Waals surface area contributed by atoms with E-state index >= 15 is 0 Å². The normalized spacial score (nSPS) is 11.8. The molecule has 3 aromatic rings. The van der Waals surface area contributed by atoms with Gasteiger partial charge < -0.3 is 14.2 Å². The van der Waals surface area contributed by atoms with Gasteiger partial charge in [-0.3, -0.25) is 0 Å². The minimum absolute atomic E-state index is 0.318. The minimum Gasteiger partial charge on any atom is -0.479 e. The molecule has 7 heteroatoms. The van der Waals surface area contributed by atoms with E-state index in [1.54, 1.807) is 56.3 Å². The Morgan fingerprint density at radius 3 is 2.58 bits per heavy atom. The zero-order chi connectivity index (χ0) is 18.5. The molecule has 1 aromatic heterocycles. The molecule has 0 aliphatic heterocycles. The Labute approximate surface area is 155 Å². The molecule has 0 saturated carbocycles. The van der Waals surface area contributed by atoms with E-state index in [-0.39, 0.29) is 0 Å². The highest BCUT2D eigenvalue weighted by molar-refractivity contribution is 6.31. The molecule has 0 aliphatic carbocycles. The number of hydrogen-bond donors (Lipinski definition) is 0. The van der Waals surface area contributed by atoms with Crippen LogP contribution in [0.5, 0.6) is 17.4 Å². The van der Waals surface area contributed by atoms with E-state index in [0.29, 0.717) is 40.0 Å². The Morgan fingerprint density at radius 1 is 1.12 bits per heavy atom. The third-order valence-corrected chi connectivity index (χ3v) is 3.69. The van der Waals surface area contributed by atoms with Crippen molar-refractivity contribution in [1.29, 1.82) is 0 Å². The predicted molar refractivity (Wildman–Crippen MR) is 97.8 cm³/mol. The molecule has 0 fully saturated rings. The highest BCUT2D eigenvalue weighted by Gasteiger charge is 2.15. The summed E-state index contributed by atoms with van der Waals surface area (Å²) in [6, 6.07) is 12.1. The molecule has 0 N–H and O–H groups in total. The van der Waals surface area contributed by atoms with Crippen molar-refractivity contribution in [2.24, 2.45) is 0 Å². The topological polar surface area (TPSA) is 70.5 Å². The third kappa shape index (κ3) is 4.40. The summed E-state index contributed by atoms with van der Waals surface area (Å²) in [5.74, 6) is 1.08. The second-order valence-electron chi connectivity index (χ2n) is 5.43. The smallest absolute Gasteiger partial charge is 0.347 e. The van der Waals surface area contributed by atoms with Crippen LogP contribution >= 0.6 is 11.6 Å². The summed E-state index contributed by atoms with van der Waals surface area (Å²) in [4.78, 5) is 20.3. The molecular formula is C19H17ClN2O4. The molecule has 26 heavy (non-hydrogen) atoms. The highest BCUT2D eigenvalue weighted by Crippen LogP contribution is 2.24. The molecule has 0 saturated heterocycles. The maximum Gasteiger partial charge on any atom is 0.347 e. The average molecular weight is 373 g/mol. The first-order valence-electron chi connectivity index (χ1n) is 8.08. The zero-order valence-electron chi connectivity index (χ0n) is 14.3. The number of esters is 1. The number of carbonyl (C=O) groups excluding carboxylic acids is 1. The lowest BCUT2D eigenvalue weighted by molar-refractivity contribution is -0.150. The number of ether oxygens (including phenoxy) is 3. The van der Waals surface area contributed by atoms with Crippen molar-refractivity contribution in [3.8, 4) is 17.4 Å². The molecule has 1 atom stereocenters. The minimum atomic E-state index is -0.681. The Morgan fingerprint density at radius 2 is 1.85 bits per heavy atom. The first-order chi connectivity index (χ1) is 12.5. The number of benzene rings is 2. The summed E-state index contributed by atoms with van der Waals surface area (Å²) in [6.45, 7) is 3.71. The maximum absolute atomic E-state index is 11.6. The van der Waals surface area contributed by atoms with Crippen molar-refractivity contribution in [2.75, 3.05) is 6.61 Å². The maximum atomic E-state index is 11.6. The molecule has 0 radical (unpaired) electrons. The Balaban J connectivity index is 1.67. The molecule has 134 valence electrons. The largest absolute Gasteiger partial charge is 0.479 e. The van der Waals surface area contributed by atoms with Crippen molar-refractivity contribution < 1.29 is 19.0 Å². The Bertz CT molecular complexity index is 915. The van der Waals surface area contributed by atoms with Gasteiger partial charge in [0.15, 0.2) is 6.10 Å². The quantitative estimate of drug-likeness (QED) is 0.597. The van der Waals surface area contributed by atoms with Gasteiger partial charge in [0, 0.05) is 5.02 Å². The van der Waals surface area contributed by atoms with Crippen molar-refractivity contribution in [2.45, 2.75) is 20.0 Å². The van der Waals surface area contributed by atoms with E-state index in [0.717, 1.165) is 0 Å². The SMILES string of the molecule is CCOC(=O)[C@H](C)Oc1ccc(Oc2cnc3cc(Cl)ccc3n2)cc1. The first kappa shape index (κ1) is 17.9. The number of aromatic nitrogens is 2. The third-order valence-electron chi connectivity index (χ3n) is 3.46. The van der Waals surface area contributed by atoms with Crippen molar-refractivity contribution >= 4 is 28.6 Å². The van der Waals surface area contributed by atoms with E-state index < -0.39 is 12.1 Å². The fourth-order valence-corrected chi connectivity index (χ4v) is 2.40. The van der Waals surface area contributed by atoms with Gasteiger partial charge in [0.25, 0.3) is 0 Å². The number of fused-ring (bicyclic) bond motifs is 1. The molecule has 3 rings (SSSR count). The van der Waals surface area contributed by atoms with Crippen LogP contribution in [0.2, 0.25) is 5.02 Å². The monoisotopic (exact) mass is 372 g/mol. The van der Waals surface area contributed by atoms with Gasteiger partial charge in [-0.25, -0.2) is 14.8 Å². The van der Waals surface area contributed by atoms with Gasteiger partial charge in [0.1, 0.15) is 11.5 Å². The van der Waals surface area contributed by atoms with Gasteiger partial charge in [-0.1, -0.05) is 11.6 Å². The summed E-state index contributed by atoms with van der Waals surface area (Å²) >= 11 is 5.94. The van der Waals surface area contributed by atoms with Crippen LogP contribution in [0.15, 0.2) is 48.7 Å². The second kappa shape index (κ2) is 8.01. The standard InChI is InChI=1S/C19H17ClN2O4/c1-3-24-19(23)12(2)25-14-5-7-15(8-6-14)26-18-11-21-17-10-13(20)4-9-16(17)22-18/h4-12H,3H2,1-2H3/t12-/m0/s1. The molecule has 6 nitrogen and oxygen atoms in total. The van der Waals surface area contributed by atoms with Gasteiger partial charge in [0.2, 0.25) is 5.88 Å². The summed E-state index contributed by atoms with van der Waals surface area (Å²) in [5, 5.41) is 0.605. The Hall–Kier alpha value is -2.86. The van der Waals surface area contributed by atoms with Gasteiger partial charge >= 0.3 is 5.97 Å². The van der Waals surface area contributed by atoms with E-state index in [2.05, 4.69) is 9.97 Å². The first-order valence-corrected chi connectivity index (χ1v) is 8.46. The van der Waals surface area contributed by atoms with Gasteiger partial charge in [0.05, 0.1) is 23.8 Å². The lowest BCUT2D eigenvalue weighted by atomic mass is 10.3. The van der Waals surface area contributed by atoms with Crippen LogP contribution in [-0.2, 0) is 9.53 Å². The van der Waals surface area contributed by atoms with Crippen LogP contribution in [0.4, 0.5) is 0 Å². The van der Waals surface area contributed by atoms with Crippen LogP contribution in [0, 0.1) is 0 Å². The van der Waals surface area contributed by atoms with Crippen LogP contribution < -0.4 is 9.47 Å². The van der Waals surface area contributed by atoms with Gasteiger partial charge in [-0.05, 0) is 56.3 Å². The fourth-order valence-electron chi connectivity index (χ4n) is 2.23. The summed E-state index contributed by atoms with van der Waals surface area (Å²) in [7, 11) is 0. The number of nitrogens with zero attached hydrogens (tertiary/aromatic N) is 2. The predicted octanol–water partition coefficient (Wildman–Crippen LogP) is 4.41. The molecule has 0 unspecified atom stereocenters. The van der Waals surface area contributed by atoms with E-state index in [4.69, 9.17) is 25.8 Å². The second-order valence-corrected chi connectivity index (χ2v) is 5.86. The number of halogens is 1. The van der Waals surface area contributed by atoms with Crippen LogP contribution in [-0.4, -0.2) is 28.6 Å². The molecule has 2 aromatic carbocycles. The van der Waals surface area contributed by atoms with Crippen molar-refractivity contribution in [1.82, 2.24) is 9.97 Å². The Kier molecular flexibility index (Phi) is 5.53. The molecule has 0 bridgehead atoms. The van der Waals surface area contributed by atoms with Crippen LogP contribution in [0.25, 0.3) is 11.0 Å². The molecule has 1 heterocycles. The molecule has 0 amide bonds. The average Bonchev–Trinajstić information content (AvgIpc) is 2.63. The summed E-state index contributed by atoms with van der Waals surface area (Å²) < 4.78 is 16.2. The van der Waals surface area contributed by atoms with Gasteiger partial charge in [-0.2, -0.15) is 0 Å². The van der Waals surface area contributed by atoms with Crippen LogP contribution in [0.1, 0.15) is 13.8 Å². The number of rotatable bonds is 6. The fraction of sp³-hybridized carbons (Fsp3) is 0.211. The van der Waals surface area contributed by atoms with Crippen molar-refractivity contribution in [3.63, 3.8) is 0 Å². The van der Waals surface area contributed by atoms with Crippen LogP contribution in [0.3, 0.4) is 0 Å². The lowest BCUT2D eigenvalue weighted by Crippen LogP contribution is -2.25. The molecular weight excluding hydrogens is 356 g/mol. The summed E-state index contributed by atoms with van der Waals surface area (Å²) in [5.41, 5.74) is 1.39. The van der Waals surface area contributed by atoms with Gasteiger partial charge in [-0.15, -0.1) is 0 Å². The lowest BCUT2D eigenvalue weighted by Gasteiger charge is -2.13. The van der Waals surface area contributed by atoms with E-state index in [1.807, 2.05) is 0 Å². The number of carbonyl (C=O) groups is 1. The van der Waals surface area contributed by atoms with Crippen molar-refractivity contribution in [3.05, 3.63) is 53.7 Å². The molecule has 0 spiro atoms.